The van der Waals surface area contributed by atoms with Gasteiger partial charge in [-0.2, -0.15) is 5.10 Å². The summed E-state index contributed by atoms with van der Waals surface area (Å²) in [5.41, 5.74) is 2.44. The fraction of sp³-hybridized carbons (Fsp3) is 0.286. The summed E-state index contributed by atoms with van der Waals surface area (Å²) in [6.45, 7) is 6.29. The van der Waals surface area contributed by atoms with Crippen molar-refractivity contribution in [2.24, 2.45) is 0 Å². The van der Waals surface area contributed by atoms with Gasteiger partial charge in [0.05, 0.1) is 11.0 Å². The molecule has 0 aliphatic heterocycles. The third kappa shape index (κ3) is 2.02. The Kier molecular flexibility index (Phi) is 2.90. The number of aromatic amines is 1. The topological polar surface area (TPSA) is 59.4 Å². The first kappa shape index (κ1) is 12.9. The van der Waals surface area contributed by atoms with Crippen LogP contribution in [0.4, 0.5) is 0 Å². The average Bonchev–Trinajstić information content (AvgIpc) is 2.80. The summed E-state index contributed by atoms with van der Waals surface area (Å²) in [6.07, 6.45) is 3.38. The van der Waals surface area contributed by atoms with Gasteiger partial charge in [-0.1, -0.05) is 6.07 Å². The van der Waals surface area contributed by atoms with Crippen molar-refractivity contribution in [3.63, 3.8) is 0 Å². The molecule has 1 aromatic carbocycles. The molecule has 0 fully saturated rings. The monoisotopic (exact) mass is 285 g/mol. The first-order valence-corrected chi connectivity index (χ1v) is 6.77. The number of H-pyrrole nitrogens is 1. The van der Waals surface area contributed by atoms with E-state index in [1.54, 1.807) is 12.4 Å². The molecule has 0 aliphatic carbocycles. The normalized spacial score (nSPS) is 11.9. The summed E-state index contributed by atoms with van der Waals surface area (Å²) in [6, 6.07) is 5.88. The van der Waals surface area contributed by atoms with Crippen LogP contribution in [0.3, 0.4) is 0 Å². The number of nitrogens with one attached hydrogen (secondary N) is 1. The van der Waals surface area contributed by atoms with Gasteiger partial charge >= 0.3 is 0 Å². The van der Waals surface area contributed by atoms with Crippen molar-refractivity contribution in [1.82, 2.24) is 24.7 Å². The van der Waals surface area contributed by atoms with E-state index in [9.17, 15) is 0 Å². The van der Waals surface area contributed by atoms with Gasteiger partial charge in [0, 0.05) is 23.5 Å². The number of aromatic nitrogens is 5. The Hall–Kier alpha value is -2.08. The molecule has 0 spiro atoms. The number of benzene rings is 1. The molecular weight excluding hydrogens is 270 g/mol. The molecule has 0 bridgehead atoms. The molecule has 20 heavy (non-hydrogen) atoms. The molecule has 0 aliphatic rings. The SMILES string of the molecule is CC(C)(C)n1c(-c2cccc3nccnc23)n[nH]c1=S. The molecule has 0 saturated heterocycles. The maximum atomic E-state index is 5.35. The molecular formula is C14H15N5S. The maximum Gasteiger partial charge on any atom is 0.195 e. The second-order valence-corrected chi connectivity index (χ2v) is 5.97. The van der Waals surface area contributed by atoms with Gasteiger partial charge in [0.1, 0.15) is 0 Å². The minimum Gasteiger partial charge on any atom is -0.295 e. The first-order chi connectivity index (χ1) is 9.48. The molecule has 5 nitrogen and oxygen atoms in total. The lowest BCUT2D eigenvalue weighted by atomic mass is 10.1. The van der Waals surface area contributed by atoms with E-state index in [0.717, 1.165) is 22.4 Å². The van der Waals surface area contributed by atoms with E-state index in [4.69, 9.17) is 12.2 Å². The number of hydrogen-bond acceptors (Lipinski definition) is 4. The van der Waals surface area contributed by atoms with Gasteiger partial charge in [0.2, 0.25) is 0 Å². The number of nitrogens with zero attached hydrogens (tertiary/aromatic N) is 4. The summed E-state index contributed by atoms with van der Waals surface area (Å²) >= 11 is 5.35. The van der Waals surface area contributed by atoms with Crippen LogP contribution in [0.1, 0.15) is 20.8 Å². The molecule has 3 aromatic rings. The summed E-state index contributed by atoms with van der Waals surface area (Å²) < 4.78 is 2.61. The molecule has 0 atom stereocenters. The highest BCUT2D eigenvalue weighted by Crippen LogP contribution is 2.28. The number of para-hydroxylation sites is 1. The Labute approximate surface area is 121 Å². The average molecular weight is 285 g/mol. The second-order valence-electron chi connectivity index (χ2n) is 5.59. The third-order valence-electron chi connectivity index (χ3n) is 3.08. The van der Waals surface area contributed by atoms with Crippen LogP contribution in [0.15, 0.2) is 30.6 Å². The van der Waals surface area contributed by atoms with Gasteiger partial charge in [-0.3, -0.25) is 19.6 Å². The fourth-order valence-electron chi connectivity index (χ4n) is 2.27. The Morgan fingerprint density at radius 3 is 2.65 bits per heavy atom. The summed E-state index contributed by atoms with van der Waals surface area (Å²) in [7, 11) is 0. The van der Waals surface area contributed by atoms with Crippen LogP contribution >= 0.6 is 12.2 Å². The predicted molar refractivity (Wildman–Crippen MR) is 80.9 cm³/mol. The van der Waals surface area contributed by atoms with Crippen LogP contribution in [0.5, 0.6) is 0 Å². The molecule has 2 heterocycles. The van der Waals surface area contributed by atoms with Crippen LogP contribution in [-0.2, 0) is 5.54 Å². The molecule has 0 saturated carbocycles. The molecule has 0 amide bonds. The quantitative estimate of drug-likeness (QED) is 0.697. The highest BCUT2D eigenvalue weighted by atomic mass is 32.1. The summed E-state index contributed by atoms with van der Waals surface area (Å²) in [5.74, 6) is 0.786. The molecule has 0 unspecified atom stereocenters. The van der Waals surface area contributed by atoms with Crippen LogP contribution in [0.2, 0.25) is 0 Å². The number of hydrogen-bond donors (Lipinski definition) is 1. The van der Waals surface area contributed by atoms with Crippen molar-refractivity contribution >= 4 is 23.3 Å². The van der Waals surface area contributed by atoms with E-state index >= 15 is 0 Å². The van der Waals surface area contributed by atoms with Gasteiger partial charge in [-0.25, -0.2) is 0 Å². The fourth-order valence-corrected chi connectivity index (χ4v) is 2.68. The van der Waals surface area contributed by atoms with Crippen molar-refractivity contribution in [3.05, 3.63) is 35.4 Å². The highest BCUT2D eigenvalue weighted by molar-refractivity contribution is 7.71. The molecule has 1 N–H and O–H groups in total. The minimum absolute atomic E-state index is 0.163. The van der Waals surface area contributed by atoms with Crippen molar-refractivity contribution < 1.29 is 0 Å². The van der Waals surface area contributed by atoms with Gasteiger partial charge in [-0.15, -0.1) is 0 Å². The zero-order valence-corrected chi connectivity index (χ0v) is 12.4. The second kappa shape index (κ2) is 4.49. The zero-order chi connectivity index (χ0) is 14.3. The molecule has 3 rings (SSSR count). The van der Waals surface area contributed by atoms with Crippen molar-refractivity contribution in [2.45, 2.75) is 26.3 Å². The summed E-state index contributed by atoms with van der Waals surface area (Å²) in [5, 5.41) is 7.26. The Balaban J connectivity index is 2.36. The first-order valence-electron chi connectivity index (χ1n) is 6.36. The largest absolute Gasteiger partial charge is 0.295 e. The van der Waals surface area contributed by atoms with Gasteiger partial charge < -0.3 is 0 Å². The standard InChI is InChI=1S/C14H15N5S/c1-14(2,3)19-12(17-18-13(19)20)9-5-4-6-10-11(9)16-8-7-15-10/h4-8H,1-3H3,(H,18,20). The summed E-state index contributed by atoms with van der Waals surface area (Å²) in [4.78, 5) is 8.76. The number of rotatable bonds is 1. The van der Waals surface area contributed by atoms with E-state index in [0.29, 0.717) is 4.77 Å². The molecule has 0 radical (unpaired) electrons. The van der Waals surface area contributed by atoms with E-state index < -0.39 is 0 Å². The minimum atomic E-state index is -0.163. The van der Waals surface area contributed by atoms with Crippen LogP contribution in [-0.4, -0.2) is 24.7 Å². The number of fused-ring (bicyclic) bond motifs is 1. The maximum absolute atomic E-state index is 5.35. The lowest BCUT2D eigenvalue weighted by molar-refractivity contribution is 0.395. The lowest BCUT2D eigenvalue weighted by Gasteiger charge is -2.22. The zero-order valence-electron chi connectivity index (χ0n) is 11.6. The van der Waals surface area contributed by atoms with Crippen molar-refractivity contribution in [3.8, 4) is 11.4 Å². The molecule has 102 valence electrons. The van der Waals surface area contributed by atoms with E-state index in [1.165, 1.54) is 0 Å². The lowest BCUT2D eigenvalue weighted by Crippen LogP contribution is -2.23. The smallest absolute Gasteiger partial charge is 0.195 e. The van der Waals surface area contributed by atoms with E-state index in [-0.39, 0.29) is 5.54 Å². The molecule has 2 aromatic heterocycles. The Morgan fingerprint density at radius 1 is 1.15 bits per heavy atom. The molecule has 6 heteroatoms. The van der Waals surface area contributed by atoms with E-state index in [1.807, 2.05) is 22.8 Å². The predicted octanol–water partition coefficient (Wildman–Crippen LogP) is 3.31. The Morgan fingerprint density at radius 2 is 1.90 bits per heavy atom. The van der Waals surface area contributed by atoms with Gasteiger partial charge in [-0.05, 0) is 45.1 Å². The van der Waals surface area contributed by atoms with Crippen LogP contribution in [0.25, 0.3) is 22.4 Å². The van der Waals surface area contributed by atoms with Crippen molar-refractivity contribution in [2.75, 3.05) is 0 Å². The van der Waals surface area contributed by atoms with Crippen molar-refractivity contribution in [1.29, 1.82) is 0 Å². The highest BCUT2D eigenvalue weighted by Gasteiger charge is 2.21. The van der Waals surface area contributed by atoms with E-state index in [2.05, 4.69) is 40.9 Å². The van der Waals surface area contributed by atoms with Crippen LogP contribution < -0.4 is 0 Å². The van der Waals surface area contributed by atoms with Crippen LogP contribution in [0, 0.1) is 4.77 Å². The Bertz CT molecular complexity index is 820. The van der Waals surface area contributed by atoms with Gasteiger partial charge in [0.25, 0.3) is 0 Å². The third-order valence-corrected chi connectivity index (χ3v) is 3.36. The van der Waals surface area contributed by atoms with Gasteiger partial charge in [0.15, 0.2) is 10.6 Å².